The molecule has 0 bridgehead atoms. The molecule has 0 N–H and O–H groups in total. The van der Waals surface area contributed by atoms with Gasteiger partial charge in [-0.15, -0.1) is 0 Å². The zero-order valence-electron chi connectivity index (χ0n) is 11.2. The molecule has 19 heavy (non-hydrogen) atoms. The van der Waals surface area contributed by atoms with Gasteiger partial charge in [-0.1, -0.05) is 18.6 Å². The maximum atomic E-state index is 11.1. The van der Waals surface area contributed by atoms with Crippen LogP contribution < -0.4 is 4.74 Å². The van der Waals surface area contributed by atoms with Crippen LogP contribution in [-0.4, -0.2) is 25.4 Å². The van der Waals surface area contributed by atoms with Crippen molar-refractivity contribution in [2.24, 2.45) is 5.41 Å². The van der Waals surface area contributed by atoms with Crippen LogP contribution in [0.3, 0.4) is 0 Å². The molecule has 1 aliphatic rings. The van der Waals surface area contributed by atoms with E-state index in [1.165, 1.54) is 26.4 Å². The second-order valence-corrected chi connectivity index (χ2v) is 5.51. The van der Waals surface area contributed by atoms with Crippen molar-refractivity contribution in [3.63, 3.8) is 0 Å². The van der Waals surface area contributed by atoms with Crippen molar-refractivity contribution >= 4 is 18.6 Å². The molecule has 1 aliphatic carbocycles. The zero-order valence-corrected chi connectivity index (χ0v) is 12.1. The van der Waals surface area contributed by atoms with E-state index in [4.69, 9.17) is 4.74 Å². The molecule has 104 valence electrons. The van der Waals surface area contributed by atoms with Gasteiger partial charge in [-0.05, 0) is 36.3 Å². The van der Waals surface area contributed by atoms with E-state index >= 15 is 0 Å². The standard InChI is InChI=1S/C15H20O3S/c1-17-14(16)9-12-3-5-13(6-4-12)18-10-15(11-19)7-2-8-15/h3-6,19H,2,7-11H2,1H3. The van der Waals surface area contributed by atoms with Crippen molar-refractivity contribution < 1.29 is 14.3 Å². The van der Waals surface area contributed by atoms with Crippen LogP contribution in [0, 0.1) is 5.41 Å². The molecule has 4 heteroatoms. The average Bonchev–Trinajstić information content (AvgIpc) is 2.39. The highest BCUT2D eigenvalue weighted by Crippen LogP contribution is 2.42. The lowest BCUT2D eigenvalue weighted by Gasteiger charge is -2.40. The van der Waals surface area contributed by atoms with E-state index in [2.05, 4.69) is 17.4 Å². The molecule has 0 heterocycles. The van der Waals surface area contributed by atoms with Crippen molar-refractivity contribution in [3.05, 3.63) is 29.8 Å². The van der Waals surface area contributed by atoms with Crippen LogP contribution >= 0.6 is 12.6 Å². The summed E-state index contributed by atoms with van der Waals surface area (Å²) < 4.78 is 10.5. The van der Waals surface area contributed by atoms with Crippen molar-refractivity contribution in [1.82, 2.24) is 0 Å². The molecule has 1 aromatic rings. The third-order valence-corrected chi connectivity index (χ3v) is 4.46. The Morgan fingerprint density at radius 1 is 1.32 bits per heavy atom. The summed E-state index contributed by atoms with van der Waals surface area (Å²) in [6.07, 6.45) is 3.99. The summed E-state index contributed by atoms with van der Waals surface area (Å²) in [4.78, 5) is 11.1. The van der Waals surface area contributed by atoms with Crippen LogP contribution in [-0.2, 0) is 16.0 Å². The van der Waals surface area contributed by atoms with E-state index in [-0.39, 0.29) is 11.4 Å². The number of ether oxygens (including phenoxy) is 2. The minimum Gasteiger partial charge on any atom is -0.493 e. The van der Waals surface area contributed by atoms with Crippen LogP contribution in [0.1, 0.15) is 24.8 Å². The number of hydrogen-bond acceptors (Lipinski definition) is 4. The van der Waals surface area contributed by atoms with Gasteiger partial charge in [0.2, 0.25) is 0 Å². The van der Waals surface area contributed by atoms with Crippen molar-refractivity contribution in [3.8, 4) is 5.75 Å². The van der Waals surface area contributed by atoms with Gasteiger partial charge in [0.25, 0.3) is 0 Å². The summed E-state index contributed by atoms with van der Waals surface area (Å²) in [5.74, 6) is 1.51. The molecule has 3 nitrogen and oxygen atoms in total. The van der Waals surface area contributed by atoms with E-state index in [9.17, 15) is 4.79 Å². The molecule has 2 rings (SSSR count). The first kappa shape index (κ1) is 14.3. The maximum absolute atomic E-state index is 11.1. The summed E-state index contributed by atoms with van der Waals surface area (Å²) in [7, 11) is 1.40. The van der Waals surface area contributed by atoms with E-state index in [1.54, 1.807) is 0 Å². The molecular weight excluding hydrogens is 260 g/mol. The van der Waals surface area contributed by atoms with Crippen LogP contribution in [0.5, 0.6) is 5.75 Å². The quantitative estimate of drug-likeness (QED) is 0.643. The highest BCUT2D eigenvalue weighted by molar-refractivity contribution is 7.80. The molecule has 0 saturated heterocycles. The highest BCUT2D eigenvalue weighted by atomic mass is 32.1. The summed E-state index contributed by atoms with van der Waals surface area (Å²) in [6, 6.07) is 7.62. The van der Waals surface area contributed by atoms with Crippen LogP contribution in [0.4, 0.5) is 0 Å². The second-order valence-electron chi connectivity index (χ2n) is 5.20. The Hall–Kier alpha value is -1.16. The molecule has 1 fully saturated rings. The first-order valence-electron chi connectivity index (χ1n) is 6.57. The topological polar surface area (TPSA) is 35.5 Å². The predicted molar refractivity (Wildman–Crippen MR) is 77.8 cm³/mol. The van der Waals surface area contributed by atoms with Gasteiger partial charge in [-0.2, -0.15) is 12.6 Å². The van der Waals surface area contributed by atoms with Gasteiger partial charge in [0.15, 0.2) is 0 Å². The van der Waals surface area contributed by atoms with E-state index in [0.29, 0.717) is 6.42 Å². The number of carbonyl (C=O) groups excluding carboxylic acids is 1. The highest BCUT2D eigenvalue weighted by Gasteiger charge is 2.36. The van der Waals surface area contributed by atoms with E-state index in [1.807, 2.05) is 24.3 Å². The second kappa shape index (κ2) is 6.33. The number of benzene rings is 1. The number of methoxy groups -OCH3 is 1. The van der Waals surface area contributed by atoms with Crippen LogP contribution in [0.2, 0.25) is 0 Å². The number of carbonyl (C=O) groups is 1. The van der Waals surface area contributed by atoms with E-state index in [0.717, 1.165) is 23.7 Å². The Morgan fingerprint density at radius 2 is 2.00 bits per heavy atom. The summed E-state index contributed by atoms with van der Waals surface area (Å²) in [6.45, 7) is 0.729. The minimum absolute atomic E-state index is 0.225. The summed E-state index contributed by atoms with van der Waals surface area (Å²) >= 11 is 4.41. The Balaban J connectivity index is 1.86. The van der Waals surface area contributed by atoms with Gasteiger partial charge in [0.1, 0.15) is 5.75 Å². The SMILES string of the molecule is COC(=O)Cc1ccc(OCC2(CS)CCC2)cc1. The van der Waals surface area contributed by atoms with Gasteiger partial charge < -0.3 is 9.47 Å². The zero-order chi connectivity index (χ0) is 13.7. The third-order valence-electron chi connectivity index (χ3n) is 3.79. The fourth-order valence-corrected chi connectivity index (χ4v) is 2.61. The number of thiol groups is 1. The van der Waals surface area contributed by atoms with Gasteiger partial charge in [-0.25, -0.2) is 0 Å². The number of rotatable bonds is 6. The first-order chi connectivity index (χ1) is 9.17. The summed E-state index contributed by atoms with van der Waals surface area (Å²) in [5.41, 5.74) is 1.21. The average molecular weight is 280 g/mol. The van der Waals surface area contributed by atoms with Gasteiger partial charge in [0, 0.05) is 5.41 Å². The molecule has 0 spiro atoms. The lowest BCUT2D eigenvalue weighted by Crippen LogP contribution is -2.37. The van der Waals surface area contributed by atoms with Crippen molar-refractivity contribution in [2.45, 2.75) is 25.7 Å². The molecule has 0 unspecified atom stereocenters. The molecule has 0 amide bonds. The Labute approximate surface area is 119 Å². The van der Waals surface area contributed by atoms with Crippen LogP contribution in [0.15, 0.2) is 24.3 Å². The minimum atomic E-state index is -0.225. The molecule has 0 aromatic heterocycles. The fourth-order valence-electron chi connectivity index (χ4n) is 2.20. The van der Waals surface area contributed by atoms with E-state index < -0.39 is 0 Å². The lowest BCUT2D eigenvalue weighted by molar-refractivity contribution is -0.139. The molecule has 0 radical (unpaired) electrons. The first-order valence-corrected chi connectivity index (χ1v) is 7.20. The predicted octanol–water partition coefficient (Wildman–Crippen LogP) is 2.88. The summed E-state index contributed by atoms with van der Waals surface area (Å²) in [5, 5.41) is 0. The number of esters is 1. The molecular formula is C15H20O3S. The smallest absolute Gasteiger partial charge is 0.309 e. The maximum Gasteiger partial charge on any atom is 0.309 e. The third kappa shape index (κ3) is 3.66. The largest absolute Gasteiger partial charge is 0.493 e. The molecule has 1 saturated carbocycles. The van der Waals surface area contributed by atoms with Crippen LogP contribution in [0.25, 0.3) is 0 Å². The molecule has 0 aliphatic heterocycles. The van der Waals surface area contributed by atoms with Crippen molar-refractivity contribution in [2.75, 3.05) is 19.5 Å². The molecule has 0 atom stereocenters. The monoisotopic (exact) mass is 280 g/mol. The fraction of sp³-hybridized carbons (Fsp3) is 0.533. The molecule has 1 aromatic carbocycles. The van der Waals surface area contributed by atoms with Crippen molar-refractivity contribution in [1.29, 1.82) is 0 Å². The van der Waals surface area contributed by atoms with Gasteiger partial charge >= 0.3 is 5.97 Å². The Bertz CT molecular complexity index is 418. The lowest BCUT2D eigenvalue weighted by atomic mass is 9.71. The Morgan fingerprint density at radius 3 is 2.47 bits per heavy atom. The Kier molecular flexibility index (Phi) is 4.75. The number of hydrogen-bond donors (Lipinski definition) is 1. The van der Waals surface area contributed by atoms with Gasteiger partial charge in [0.05, 0.1) is 20.1 Å². The normalized spacial score (nSPS) is 16.5. The van der Waals surface area contributed by atoms with Gasteiger partial charge in [-0.3, -0.25) is 4.79 Å².